The monoisotopic (exact) mass is 324 g/mol. The Morgan fingerprint density at radius 2 is 1.88 bits per heavy atom. The van der Waals surface area contributed by atoms with E-state index in [0.717, 1.165) is 29.8 Å². The molecule has 4 rings (SSSR count). The van der Waals surface area contributed by atoms with Crippen LogP contribution < -0.4 is 20.1 Å². The summed E-state index contributed by atoms with van der Waals surface area (Å²) in [6, 6.07) is 13.7. The van der Waals surface area contributed by atoms with Gasteiger partial charge in [0, 0.05) is 5.69 Å². The number of para-hydroxylation sites is 1. The lowest BCUT2D eigenvalue weighted by molar-refractivity contribution is -0.121. The van der Waals surface area contributed by atoms with Crippen LogP contribution in [0.15, 0.2) is 42.5 Å². The molecule has 0 aromatic heterocycles. The molecule has 1 amide bonds. The molecule has 2 aliphatic heterocycles. The summed E-state index contributed by atoms with van der Waals surface area (Å²) in [5.41, 5.74) is 2.43. The van der Waals surface area contributed by atoms with Gasteiger partial charge in [-0.25, -0.2) is 0 Å². The lowest BCUT2D eigenvalue weighted by atomic mass is 9.73. The smallest absolute Gasteiger partial charge is 0.237 e. The Morgan fingerprint density at radius 1 is 1.08 bits per heavy atom. The number of rotatable bonds is 3. The molecule has 0 radical (unpaired) electrons. The van der Waals surface area contributed by atoms with E-state index < -0.39 is 5.41 Å². The van der Waals surface area contributed by atoms with Crippen molar-refractivity contribution < 1.29 is 14.3 Å². The maximum Gasteiger partial charge on any atom is 0.237 e. The van der Waals surface area contributed by atoms with E-state index in [1.807, 2.05) is 42.5 Å². The van der Waals surface area contributed by atoms with Crippen LogP contribution in [0.2, 0.25) is 0 Å². The normalized spacial score (nSPS) is 24.8. The molecule has 0 unspecified atom stereocenters. The maximum absolute atomic E-state index is 12.9. The first-order valence-electron chi connectivity index (χ1n) is 8.07. The number of carbonyl (C=O) groups excluding carboxylic acids is 1. The van der Waals surface area contributed by atoms with Crippen molar-refractivity contribution in [3.8, 4) is 11.5 Å². The van der Waals surface area contributed by atoms with Crippen molar-refractivity contribution in [3.63, 3.8) is 0 Å². The molecule has 2 atom stereocenters. The Hall–Kier alpha value is -2.53. The second-order valence-electron chi connectivity index (χ2n) is 6.22. The minimum absolute atomic E-state index is 0.0634. The van der Waals surface area contributed by atoms with E-state index in [1.165, 1.54) is 0 Å². The van der Waals surface area contributed by atoms with Crippen LogP contribution in [0.4, 0.5) is 5.69 Å². The van der Waals surface area contributed by atoms with E-state index in [1.54, 1.807) is 14.2 Å². The number of anilines is 1. The van der Waals surface area contributed by atoms with E-state index in [0.29, 0.717) is 11.5 Å². The second kappa shape index (κ2) is 5.53. The molecule has 2 aliphatic rings. The van der Waals surface area contributed by atoms with Crippen molar-refractivity contribution in [3.05, 3.63) is 53.6 Å². The Morgan fingerprint density at radius 3 is 2.67 bits per heavy atom. The highest BCUT2D eigenvalue weighted by Crippen LogP contribution is 2.51. The first-order valence-corrected chi connectivity index (χ1v) is 8.07. The number of ether oxygens (including phenoxy) is 2. The van der Waals surface area contributed by atoms with Crippen LogP contribution in [-0.4, -0.2) is 26.7 Å². The molecule has 2 aromatic rings. The third-order valence-electron chi connectivity index (χ3n) is 5.16. The Bertz CT molecular complexity index is 805. The minimum Gasteiger partial charge on any atom is -0.493 e. The summed E-state index contributed by atoms with van der Waals surface area (Å²) in [5.74, 6) is 1.42. The fraction of sp³-hybridized carbons (Fsp3) is 0.316. The van der Waals surface area contributed by atoms with E-state index >= 15 is 0 Å². The fourth-order valence-corrected chi connectivity index (χ4v) is 4.04. The van der Waals surface area contributed by atoms with Crippen molar-refractivity contribution in [1.82, 2.24) is 5.32 Å². The molecule has 1 fully saturated rings. The van der Waals surface area contributed by atoms with Crippen LogP contribution >= 0.6 is 0 Å². The first-order chi connectivity index (χ1) is 11.7. The van der Waals surface area contributed by atoms with Gasteiger partial charge in [-0.2, -0.15) is 0 Å². The van der Waals surface area contributed by atoms with Crippen molar-refractivity contribution in [2.75, 3.05) is 26.1 Å². The van der Waals surface area contributed by atoms with Crippen molar-refractivity contribution in [1.29, 1.82) is 0 Å². The van der Waals surface area contributed by atoms with Crippen LogP contribution in [0.3, 0.4) is 0 Å². The maximum atomic E-state index is 12.9. The van der Waals surface area contributed by atoms with E-state index in [9.17, 15) is 4.79 Å². The molecule has 2 N–H and O–H groups in total. The van der Waals surface area contributed by atoms with Crippen LogP contribution in [0.5, 0.6) is 11.5 Å². The van der Waals surface area contributed by atoms with Gasteiger partial charge in [-0.05, 0) is 42.3 Å². The molecule has 2 heterocycles. The number of benzene rings is 2. The van der Waals surface area contributed by atoms with Gasteiger partial charge in [0.15, 0.2) is 11.5 Å². The lowest BCUT2D eigenvalue weighted by Gasteiger charge is -2.29. The minimum atomic E-state index is -0.573. The number of amides is 1. The summed E-state index contributed by atoms with van der Waals surface area (Å²) in [6.45, 7) is 0.792. The van der Waals surface area contributed by atoms with Gasteiger partial charge in [-0.15, -0.1) is 0 Å². The Labute approximate surface area is 141 Å². The summed E-state index contributed by atoms with van der Waals surface area (Å²) in [5, 5.41) is 6.55. The van der Waals surface area contributed by atoms with Crippen LogP contribution in [-0.2, 0) is 10.2 Å². The predicted molar refractivity (Wildman–Crippen MR) is 91.7 cm³/mol. The van der Waals surface area contributed by atoms with Crippen molar-refractivity contribution >= 4 is 11.6 Å². The number of nitrogens with one attached hydrogen (secondary N) is 2. The van der Waals surface area contributed by atoms with Gasteiger partial charge < -0.3 is 20.1 Å². The molecular weight excluding hydrogens is 304 g/mol. The number of fused-ring (bicyclic) bond motifs is 2. The van der Waals surface area contributed by atoms with Crippen molar-refractivity contribution in [2.45, 2.75) is 17.9 Å². The number of methoxy groups -OCH3 is 2. The molecule has 124 valence electrons. The second-order valence-corrected chi connectivity index (χ2v) is 6.22. The average molecular weight is 324 g/mol. The van der Waals surface area contributed by atoms with Gasteiger partial charge in [0.2, 0.25) is 5.91 Å². The van der Waals surface area contributed by atoms with Gasteiger partial charge >= 0.3 is 0 Å². The van der Waals surface area contributed by atoms with Crippen LogP contribution in [0.25, 0.3) is 0 Å². The zero-order valence-corrected chi connectivity index (χ0v) is 13.8. The third kappa shape index (κ3) is 1.94. The van der Waals surface area contributed by atoms with Crippen LogP contribution in [0, 0.1) is 0 Å². The molecule has 5 heteroatoms. The van der Waals surface area contributed by atoms with Gasteiger partial charge in [0.25, 0.3) is 0 Å². The zero-order valence-electron chi connectivity index (χ0n) is 13.8. The predicted octanol–water partition coefficient (Wildman–Crippen LogP) is 2.63. The van der Waals surface area contributed by atoms with E-state index in [4.69, 9.17) is 9.47 Å². The zero-order chi connectivity index (χ0) is 16.7. The highest BCUT2D eigenvalue weighted by molar-refractivity contribution is 6.07. The number of hydrogen-bond acceptors (Lipinski definition) is 4. The number of hydrogen-bond donors (Lipinski definition) is 2. The Balaban J connectivity index is 1.83. The van der Waals surface area contributed by atoms with Gasteiger partial charge in [-0.3, -0.25) is 4.79 Å². The van der Waals surface area contributed by atoms with Gasteiger partial charge in [0.1, 0.15) is 0 Å². The molecule has 24 heavy (non-hydrogen) atoms. The summed E-state index contributed by atoms with van der Waals surface area (Å²) >= 11 is 0. The molecule has 0 aliphatic carbocycles. The SMILES string of the molecule is COc1ccc([C@H]2NCC[C@@]23C(=O)Nc2ccccc23)cc1OC. The van der Waals surface area contributed by atoms with Crippen molar-refractivity contribution in [2.24, 2.45) is 0 Å². The summed E-state index contributed by atoms with van der Waals surface area (Å²) in [7, 11) is 3.24. The van der Waals surface area contributed by atoms with Gasteiger partial charge in [0.05, 0.1) is 25.7 Å². The molecule has 1 saturated heterocycles. The lowest BCUT2D eigenvalue weighted by Crippen LogP contribution is -2.39. The molecule has 2 aromatic carbocycles. The van der Waals surface area contributed by atoms with E-state index in [-0.39, 0.29) is 11.9 Å². The molecule has 5 nitrogen and oxygen atoms in total. The van der Waals surface area contributed by atoms with E-state index in [2.05, 4.69) is 10.6 Å². The highest BCUT2D eigenvalue weighted by Gasteiger charge is 2.55. The van der Waals surface area contributed by atoms with Crippen LogP contribution in [0.1, 0.15) is 23.6 Å². The summed E-state index contributed by atoms with van der Waals surface area (Å²) in [6.07, 6.45) is 0.773. The standard InChI is InChI=1S/C19H20N2O3/c1-23-15-8-7-12(11-16(15)24-2)17-19(9-10-20-17)13-5-3-4-6-14(13)21-18(19)22/h3-8,11,17,20H,9-10H2,1-2H3,(H,21,22)/t17-,19+/m1/s1. The number of carbonyl (C=O) groups is 1. The fourth-order valence-electron chi connectivity index (χ4n) is 4.04. The first kappa shape index (κ1) is 15.0. The average Bonchev–Trinajstić information content (AvgIpc) is 3.18. The highest BCUT2D eigenvalue weighted by atomic mass is 16.5. The topological polar surface area (TPSA) is 59.6 Å². The Kier molecular flexibility index (Phi) is 3.46. The summed E-state index contributed by atoms with van der Waals surface area (Å²) < 4.78 is 10.8. The molecule has 1 spiro atoms. The molecule has 0 bridgehead atoms. The largest absolute Gasteiger partial charge is 0.493 e. The quantitative estimate of drug-likeness (QED) is 0.911. The molecular formula is C19H20N2O3. The van der Waals surface area contributed by atoms with Gasteiger partial charge in [-0.1, -0.05) is 24.3 Å². The summed E-state index contributed by atoms with van der Waals surface area (Å²) in [4.78, 5) is 12.9. The molecule has 0 saturated carbocycles. The third-order valence-corrected chi connectivity index (χ3v) is 5.16.